The van der Waals surface area contributed by atoms with E-state index in [1.165, 1.54) is 0 Å². The minimum Gasteiger partial charge on any atom is -0.456 e. The van der Waals surface area contributed by atoms with Crippen LogP contribution in [0, 0.1) is 0 Å². The zero-order valence-corrected chi connectivity index (χ0v) is 21.6. The molecule has 6 rings (SSSR count). The molecule has 2 N–H and O–H groups in total. The van der Waals surface area contributed by atoms with Gasteiger partial charge in [-0.25, -0.2) is 4.98 Å². The number of furan rings is 1. The van der Waals surface area contributed by atoms with E-state index in [-0.39, 0.29) is 18.1 Å². The molecule has 0 saturated carbocycles. The number of nitrogens with zero attached hydrogens (tertiary/aromatic N) is 2. The SMILES string of the molecule is C[C@H]1[C@@H](c2ccccc2)C[C@@H](NC(=O)c2cc3c(o2)CC[C@]2(C3)C(=O)Nc3ncccc32)C(=O)N1CC(F)(F)F. The minimum absolute atomic E-state index is 0.0445. The lowest BCUT2D eigenvalue weighted by Gasteiger charge is -2.43. The third kappa shape index (κ3) is 4.43. The summed E-state index contributed by atoms with van der Waals surface area (Å²) in [4.78, 5) is 44.5. The van der Waals surface area contributed by atoms with Crippen LogP contribution in [0.2, 0.25) is 0 Å². The highest BCUT2D eigenvalue weighted by molar-refractivity contribution is 6.05. The quantitative estimate of drug-likeness (QED) is 0.507. The predicted molar refractivity (Wildman–Crippen MR) is 138 cm³/mol. The second kappa shape index (κ2) is 9.50. The molecule has 0 bridgehead atoms. The Morgan fingerprint density at radius 2 is 1.98 bits per heavy atom. The highest BCUT2D eigenvalue weighted by Crippen LogP contribution is 2.46. The van der Waals surface area contributed by atoms with E-state index in [2.05, 4.69) is 15.6 Å². The summed E-state index contributed by atoms with van der Waals surface area (Å²) in [7, 11) is 0. The highest BCUT2D eigenvalue weighted by Gasteiger charge is 2.50. The summed E-state index contributed by atoms with van der Waals surface area (Å²) in [5, 5.41) is 5.47. The van der Waals surface area contributed by atoms with Gasteiger partial charge >= 0.3 is 6.18 Å². The van der Waals surface area contributed by atoms with Gasteiger partial charge in [-0.15, -0.1) is 0 Å². The first kappa shape index (κ1) is 26.1. The fourth-order valence-corrected chi connectivity index (χ4v) is 6.39. The van der Waals surface area contributed by atoms with Gasteiger partial charge in [0.15, 0.2) is 5.76 Å². The highest BCUT2D eigenvalue weighted by atomic mass is 19.4. The van der Waals surface area contributed by atoms with Crippen molar-refractivity contribution < 1.29 is 32.0 Å². The third-order valence-electron chi connectivity index (χ3n) is 8.41. The van der Waals surface area contributed by atoms with Gasteiger partial charge in [-0.1, -0.05) is 36.4 Å². The number of anilines is 1. The van der Waals surface area contributed by atoms with E-state index in [4.69, 9.17) is 4.42 Å². The molecule has 11 heteroatoms. The van der Waals surface area contributed by atoms with E-state index in [1.54, 1.807) is 37.4 Å². The van der Waals surface area contributed by atoms with Gasteiger partial charge < -0.3 is 20.0 Å². The van der Waals surface area contributed by atoms with E-state index in [9.17, 15) is 27.6 Å². The van der Waals surface area contributed by atoms with Crippen molar-refractivity contribution in [3.8, 4) is 0 Å². The number of benzene rings is 1. The van der Waals surface area contributed by atoms with Gasteiger partial charge in [0, 0.05) is 30.1 Å². The number of hydrogen-bond donors (Lipinski definition) is 2. The summed E-state index contributed by atoms with van der Waals surface area (Å²) in [6.07, 6.45) is -1.62. The summed E-state index contributed by atoms with van der Waals surface area (Å²) >= 11 is 0. The van der Waals surface area contributed by atoms with Crippen LogP contribution >= 0.6 is 0 Å². The number of pyridine rings is 1. The normalized spacial score (nSPS) is 25.9. The maximum absolute atomic E-state index is 13.4. The van der Waals surface area contributed by atoms with Crippen molar-refractivity contribution in [2.75, 3.05) is 11.9 Å². The molecule has 40 heavy (non-hydrogen) atoms. The summed E-state index contributed by atoms with van der Waals surface area (Å²) < 4.78 is 46.1. The van der Waals surface area contributed by atoms with Crippen molar-refractivity contribution in [1.29, 1.82) is 0 Å². The van der Waals surface area contributed by atoms with Crippen molar-refractivity contribution >= 4 is 23.5 Å². The maximum Gasteiger partial charge on any atom is 0.406 e. The Balaban J connectivity index is 1.24. The van der Waals surface area contributed by atoms with Crippen molar-refractivity contribution in [2.24, 2.45) is 0 Å². The summed E-state index contributed by atoms with van der Waals surface area (Å²) in [5.41, 5.74) is 1.48. The van der Waals surface area contributed by atoms with Gasteiger partial charge in [-0.05, 0) is 49.4 Å². The molecule has 4 atom stereocenters. The molecule has 0 radical (unpaired) electrons. The lowest BCUT2D eigenvalue weighted by atomic mass is 9.70. The Morgan fingerprint density at radius 3 is 2.73 bits per heavy atom. The van der Waals surface area contributed by atoms with Crippen LogP contribution < -0.4 is 10.6 Å². The molecule has 3 aromatic rings. The summed E-state index contributed by atoms with van der Waals surface area (Å²) in [6, 6.07) is 12.3. The summed E-state index contributed by atoms with van der Waals surface area (Å²) in [6.45, 7) is 0.195. The molecule has 1 spiro atoms. The monoisotopic (exact) mass is 552 g/mol. The predicted octanol–water partition coefficient (Wildman–Crippen LogP) is 4.12. The largest absolute Gasteiger partial charge is 0.456 e. The number of likely N-dealkylation sites (tertiary alicyclic amines) is 1. The zero-order chi connectivity index (χ0) is 28.2. The smallest absolute Gasteiger partial charge is 0.406 e. The Morgan fingerprint density at radius 1 is 1.20 bits per heavy atom. The first-order valence-corrected chi connectivity index (χ1v) is 13.2. The lowest BCUT2D eigenvalue weighted by Crippen LogP contribution is -2.59. The zero-order valence-electron chi connectivity index (χ0n) is 21.6. The number of piperidine rings is 1. The van der Waals surface area contributed by atoms with E-state index in [0.29, 0.717) is 36.4 Å². The average Bonchev–Trinajstić information content (AvgIpc) is 3.47. The molecule has 2 aliphatic heterocycles. The van der Waals surface area contributed by atoms with Crippen molar-refractivity contribution in [3.05, 3.63) is 82.9 Å². The Labute approximate surface area is 227 Å². The van der Waals surface area contributed by atoms with Gasteiger partial charge in [0.2, 0.25) is 11.8 Å². The number of aromatic nitrogens is 1. The van der Waals surface area contributed by atoms with Gasteiger partial charge in [-0.3, -0.25) is 14.4 Å². The number of rotatable bonds is 4. The second-order valence-electron chi connectivity index (χ2n) is 10.8. The fraction of sp³-hybridized carbons (Fsp3) is 0.379. The number of halogens is 3. The van der Waals surface area contributed by atoms with Crippen molar-refractivity contribution in [2.45, 2.75) is 62.2 Å². The van der Waals surface area contributed by atoms with E-state index < -0.39 is 48.0 Å². The lowest BCUT2D eigenvalue weighted by molar-refractivity contribution is -0.170. The van der Waals surface area contributed by atoms with E-state index in [0.717, 1.165) is 16.0 Å². The van der Waals surface area contributed by atoms with Crippen molar-refractivity contribution in [3.63, 3.8) is 0 Å². The fourth-order valence-electron chi connectivity index (χ4n) is 6.39. The number of carbonyl (C=O) groups is 3. The van der Waals surface area contributed by atoms with Gasteiger partial charge in [0.05, 0.1) is 5.41 Å². The van der Waals surface area contributed by atoms with Crippen LogP contribution in [0.15, 0.2) is 59.1 Å². The van der Waals surface area contributed by atoms with Crippen molar-refractivity contribution in [1.82, 2.24) is 15.2 Å². The minimum atomic E-state index is -4.59. The van der Waals surface area contributed by atoms with Crippen LogP contribution in [-0.2, 0) is 27.8 Å². The van der Waals surface area contributed by atoms with Gasteiger partial charge in [-0.2, -0.15) is 13.2 Å². The number of nitrogens with one attached hydrogen (secondary N) is 2. The molecule has 3 amide bonds. The first-order valence-electron chi connectivity index (χ1n) is 13.2. The second-order valence-corrected chi connectivity index (χ2v) is 10.8. The van der Waals surface area contributed by atoms with Crippen LogP contribution in [0.3, 0.4) is 0 Å². The van der Waals surface area contributed by atoms with Crippen LogP contribution in [0.4, 0.5) is 19.0 Å². The molecule has 2 aromatic heterocycles. The number of fused-ring (bicyclic) bond motifs is 3. The van der Waals surface area contributed by atoms with E-state index >= 15 is 0 Å². The third-order valence-corrected chi connectivity index (χ3v) is 8.41. The average molecular weight is 553 g/mol. The molecular formula is C29H27F3N4O4. The van der Waals surface area contributed by atoms with Crippen LogP contribution in [-0.4, -0.2) is 52.4 Å². The summed E-state index contributed by atoms with van der Waals surface area (Å²) in [5.74, 6) is -0.981. The number of carbonyl (C=O) groups excluding carboxylic acids is 3. The molecule has 0 unspecified atom stereocenters. The van der Waals surface area contributed by atoms with Crippen LogP contribution in [0.25, 0.3) is 0 Å². The molecule has 3 aliphatic rings. The topological polar surface area (TPSA) is 105 Å². The van der Waals surface area contributed by atoms with Crippen LogP contribution in [0.1, 0.15) is 58.7 Å². The molecule has 1 aromatic carbocycles. The number of amides is 3. The Kier molecular flexibility index (Phi) is 6.19. The Bertz CT molecular complexity index is 1490. The molecule has 1 aliphatic carbocycles. The Hall–Kier alpha value is -4.15. The molecule has 1 fully saturated rings. The van der Waals surface area contributed by atoms with Gasteiger partial charge in [0.25, 0.3) is 5.91 Å². The standard InChI is InChI=1S/C29H27F3N4O4/c1-16-19(17-6-3-2-4-7-17)13-21(26(38)36(16)15-29(30,31)32)34-25(37)23-12-18-14-28(10-9-22(18)40-23)20-8-5-11-33-24(20)35-27(28)39/h2-8,11-12,16,19,21H,9-10,13-15H2,1H3,(H,34,37)(H,33,35,39)/t16-,19-,21+,28+/m0/s1. The molecule has 208 valence electrons. The molecular weight excluding hydrogens is 525 g/mol. The van der Waals surface area contributed by atoms with Crippen LogP contribution in [0.5, 0.6) is 0 Å². The molecule has 4 heterocycles. The van der Waals surface area contributed by atoms with E-state index in [1.807, 2.05) is 24.3 Å². The number of alkyl halides is 3. The molecule has 8 nitrogen and oxygen atoms in total. The first-order chi connectivity index (χ1) is 19.1. The molecule has 1 saturated heterocycles. The number of hydrogen-bond acceptors (Lipinski definition) is 5. The van der Waals surface area contributed by atoms with Gasteiger partial charge in [0.1, 0.15) is 24.2 Å². The number of aryl methyl sites for hydroxylation is 1. The maximum atomic E-state index is 13.4.